The van der Waals surface area contributed by atoms with E-state index in [1.165, 1.54) is 18.9 Å². The summed E-state index contributed by atoms with van der Waals surface area (Å²) in [4.78, 5) is 18.6. The monoisotopic (exact) mass is 382 g/mol. The predicted octanol–water partition coefficient (Wildman–Crippen LogP) is 1.93. The van der Waals surface area contributed by atoms with Crippen LogP contribution in [0.5, 0.6) is 0 Å². The molecule has 0 bridgehead atoms. The topological polar surface area (TPSA) is 130 Å². The average molecular weight is 382 g/mol. The maximum absolute atomic E-state index is 12.2. The predicted molar refractivity (Wildman–Crippen MR) is 98.3 cm³/mol. The van der Waals surface area contributed by atoms with Crippen LogP contribution in [0.2, 0.25) is 0 Å². The van der Waals surface area contributed by atoms with Gasteiger partial charge in [0.25, 0.3) is 10.0 Å². The quantitative estimate of drug-likeness (QED) is 0.464. The lowest BCUT2D eigenvalue weighted by Gasteiger charge is -2.09. The highest BCUT2D eigenvalue weighted by atomic mass is 32.2. The van der Waals surface area contributed by atoms with E-state index >= 15 is 0 Å². The highest BCUT2D eigenvalue weighted by Gasteiger charge is 2.15. The van der Waals surface area contributed by atoms with E-state index < -0.39 is 10.0 Å². The van der Waals surface area contributed by atoms with Gasteiger partial charge in [0.05, 0.1) is 12.5 Å². The number of H-pyrrole nitrogens is 1. The molecule has 3 N–H and O–H groups in total. The molecule has 10 nitrogen and oxygen atoms in total. The van der Waals surface area contributed by atoms with Crippen molar-refractivity contribution in [2.24, 2.45) is 0 Å². The molecule has 0 aliphatic heterocycles. The fourth-order valence-electron chi connectivity index (χ4n) is 2.32. The summed E-state index contributed by atoms with van der Waals surface area (Å²) in [5, 5.41) is 3.14. The third-order valence-electron chi connectivity index (χ3n) is 3.59. The first kappa shape index (κ1) is 16.7. The second-order valence-corrected chi connectivity index (χ2v) is 7.11. The zero-order valence-electron chi connectivity index (χ0n) is 13.8. The molecule has 0 spiro atoms. The van der Waals surface area contributed by atoms with E-state index in [2.05, 4.69) is 35.0 Å². The summed E-state index contributed by atoms with van der Waals surface area (Å²) in [6.07, 6.45) is 9.09. The van der Waals surface area contributed by atoms with Crippen LogP contribution < -0.4 is 10.0 Å². The number of aromatic nitrogens is 6. The minimum atomic E-state index is -3.69. The van der Waals surface area contributed by atoms with E-state index in [-0.39, 0.29) is 5.03 Å². The van der Waals surface area contributed by atoms with Crippen LogP contribution in [0.15, 0.2) is 72.9 Å². The van der Waals surface area contributed by atoms with E-state index in [0.29, 0.717) is 17.3 Å². The Morgan fingerprint density at radius 3 is 2.56 bits per heavy atom. The van der Waals surface area contributed by atoms with Crippen molar-refractivity contribution >= 4 is 27.2 Å². The maximum Gasteiger partial charge on any atom is 0.278 e. The number of anilines is 3. The molecule has 0 unspecified atom stereocenters. The summed E-state index contributed by atoms with van der Waals surface area (Å²) in [5.41, 5.74) is 1.17. The Labute approximate surface area is 154 Å². The zero-order valence-corrected chi connectivity index (χ0v) is 14.6. The van der Waals surface area contributed by atoms with Crippen molar-refractivity contribution in [2.45, 2.75) is 5.03 Å². The molecule has 0 aliphatic carbocycles. The van der Waals surface area contributed by atoms with Crippen molar-refractivity contribution < 1.29 is 8.42 Å². The summed E-state index contributed by atoms with van der Waals surface area (Å²) in [6.45, 7) is 0. The number of benzene rings is 1. The number of hydrogen-bond acceptors (Lipinski definition) is 7. The first-order chi connectivity index (χ1) is 13.1. The summed E-state index contributed by atoms with van der Waals surface area (Å²) < 4.78 is 28.6. The number of nitrogens with one attached hydrogen (secondary N) is 3. The van der Waals surface area contributed by atoms with Crippen LogP contribution in [-0.2, 0) is 10.0 Å². The molecule has 0 saturated carbocycles. The van der Waals surface area contributed by atoms with Crippen molar-refractivity contribution in [1.82, 2.24) is 29.5 Å². The largest absolute Gasteiger partial charge is 0.340 e. The second kappa shape index (κ2) is 6.88. The Morgan fingerprint density at radius 2 is 1.85 bits per heavy atom. The lowest BCUT2D eigenvalue weighted by atomic mass is 10.3. The standard InChI is InChI=1S/C16H14N8O2S/c25-27(26,16-8-18-9-21-16)23-13-3-1-12(2-4-13)22-14-7-15(20-10-19-14)24-6-5-17-11-24/h1-11,23H,(H,18,21)(H,19,20,22). The summed E-state index contributed by atoms with van der Waals surface area (Å²) in [5.74, 6) is 1.27. The molecular weight excluding hydrogens is 368 g/mol. The summed E-state index contributed by atoms with van der Waals surface area (Å²) in [7, 11) is -3.69. The minimum absolute atomic E-state index is 0.00211. The van der Waals surface area contributed by atoms with Gasteiger partial charge in [0.1, 0.15) is 24.3 Å². The van der Waals surface area contributed by atoms with Crippen molar-refractivity contribution in [3.63, 3.8) is 0 Å². The third-order valence-corrected chi connectivity index (χ3v) is 4.90. The van der Waals surface area contributed by atoms with E-state index in [1.807, 2.05) is 0 Å². The number of hydrogen-bond donors (Lipinski definition) is 3. The fraction of sp³-hybridized carbons (Fsp3) is 0. The van der Waals surface area contributed by atoms with Gasteiger partial charge in [0.2, 0.25) is 0 Å². The van der Waals surface area contributed by atoms with Crippen molar-refractivity contribution in [3.05, 3.63) is 67.9 Å². The highest BCUT2D eigenvalue weighted by molar-refractivity contribution is 7.92. The fourth-order valence-corrected chi connectivity index (χ4v) is 3.28. The first-order valence-corrected chi connectivity index (χ1v) is 9.27. The third kappa shape index (κ3) is 3.77. The normalized spacial score (nSPS) is 11.3. The molecule has 3 aromatic heterocycles. The molecule has 4 rings (SSSR count). The van der Waals surface area contributed by atoms with E-state index in [0.717, 1.165) is 5.69 Å². The van der Waals surface area contributed by atoms with Gasteiger partial charge in [-0.3, -0.25) is 9.29 Å². The second-order valence-electron chi connectivity index (χ2n) is 5.46. The Hall–Kier alpha value is -3.73. The molecule has 11 heteroatoms. The molecule has 0 atom stereocenters. The highest BCUT2D eigenvalue weighted by Crippen LogP contribution is 2.20. The van der Waals surface area contributed by atoms with Crippen LogP contribution in [0.4, 0.5) is 17.2 Å². The van der Waals surface area contributed by atoms with E-state index in [9.17, 15) is 8.42 Å². The van der Waals surface area contributed by atoms with Gasteiger partial charge >= 0.3 is 0 Å². The molecule has 0 aliphatic rings. The molecule has 27 heavy (non-hydrogen) atoms. The van der Waals surface area contributed by atoms with Gasteiger partial charge in [-0.15, -0.1) is 0 Å². The van der Waals surface area contributed by atoms with Crippen LogP contribution in [-0.4, -0.2) is 37.9 Å². The lowest BCUT2D eigenvalue weighted by molar-refractivity contribution is 0.598. The molecule has 1 aromatic carbocycles. The minimum Gasteiger partial charge on any atom is -0.340 e. The van der Waals surface area contributed by atoms with Gasteiger partial charge in [-0.05, 0) is 24.3 Å². The van der Waals surface area contributed by atoms with Gasteiger partial charge < -0.3 is 10.3 Å². The molecule has 3 heterocycles. The van der Waals surface area contributed by atoms with E-state index in [4.69, 9.17) is 0 Å². The Bertz CT molecular complexity index is 1120. The number of rotatable bonds is 6. The van der Waals surface area contributed by atoms with Crippen molar-refractivity contribution in [3.8, 4) is 5.82 Å². The first-order valence-electron chi connectivity index (χ1n) is 7.79. The van der Waals surface area contributed by atoms with Gasteiger partial charge in [-0.25, -0.2) is 19.9 Å². The van der Waals surface area contributed by atoms with Crippen LogP contribution in [0, 0.1) is 0 Å². The molecule has 0 radical (unpaired) electrons. The molecular formula is C16H14N8O2S. The van der Waals surface area contributed by atoms with Gasteiger partial charge in [0, 0.05) is 29.8 Å². The average Bonchev–Trinajstić information content (AvgIpc) is 3.38. The van der Waals surface area contributed by atoms with Crippen molar-refractivity contribution in [2.75, 3.05) is 10.0 Å². The number of sulfonamides is 1. The number of imidazole rings is 2. The molecule has 4 aromatic rings. The summed E-state index contributed by atoms with van der Waals surface area (Å²) >= 11 is 0. The Kier molecular flexibility index (Phi) is 4.26. The van der Waals surface area contributed by atoms with Gasteiger partial charge in [-0.1, -0.05) is 0 Å². The van der Waals surface area contributed by atoms with E-state index in [1.54, 1.807) is 53.6 Å². The smallest absolute Gasteiger partial charge is 0.278 e. The molecule has 136 valence electrons. The molecule has 0 saturated heterocycles. The Morgan fingerprint density at radius 1 is 1.04 bits per heavy atom. The Balaban J connectivity index is 1.48. The molecule has 0 fully saturated rings. The lowest BCUT2D eigenvalue weighted by Crippen LogP contribution is -2.13. The van der Waals surface area contributed by atoms with Crippen LogP contribution in [0.25, 0.3) is 5.82 Å². The number of aromatic amines is 1. The van der Waals surface area contributed by atoms with Gasteiger partial charge in [-0.2, -0.15) is 8.42 Å². The zero-order chi connectivity index (χ0) is 18.7. The van der Waals surface area contributed by atoms with Crippen LogP contribution in [0.3, 0.4) is 0 Å². The van der Waals surface area contributed by atoms with Crippen LogP contribution >= 0.6 is 0 Å². The summed E-state index contributed by atoms with van der Waals surface area (Å²) in [6, 6.07) is 8.55. The van der Waals surface area contributed by atoms with Crippen LogP contribution in [0.1, 0.15) is 0 Å². The van der Waals surface area contributed by atoms with Gasteiger partial charge in [0.15, 0.2) is 5.03 Å². The maximum atomic E-state index is 12.2. The van der Waals surface area contributed by atoms with Crippen molar-refractivity contribution in [1.29, 1.82) is 0 Å². The SMILES string of the molecule is O=S(=O)(Nc1ccc(Nc2cc(-n3ccnc3)ncn2)cc1)c1cnc[nH]1. The molecule has 0 amide bonds. The number of nitrogens with zero attached hydrogens (tertiary/aromatic N) is 5.